The number of pyridine rings is 1. The molecule has 1 aliphatic heterocycles. The molecule has 4 aromatic rings. The summed E-state index contributed by atoms with van der Waals surface area (Å²) in [6.45, 7) is 4.22. The van der Waals surface area contributed by atoms with Crippen molar-refractivity contribution in [2.45, 2.75) is 19.9 Å². The molecule has 10 nitrogen and oxygen atoms in total. The molecular weight excluding hydrogens is 410 g/mol. The smallest absolute Gasteiger partial charge is 0.267 e. The Hall–Kier alpha value is -3.27. The van der Waals surface area contributed by atoms with Crippen molar-refractivity contribution >= 4 is 28.5 Å². The molecule has 1 saturated carbocycles. The van der Waals surface area contributed by atoms with Gasteiger partial charge in [0.2, 0.25) is 5.89 Å². The van der Waals surface area contributed by atoms with Gasteiger partial charge in [-0.1, -0.05) is 21.9 Å². The van der Waals surface area contributed by atoms with Gasteiger partial charge in [0.15, 0.2) is 6.33 Å². The molecule has 6 rings (SSSR count). The van der Waals surface area contributed by atoms with Crippen LogP contribution < -0.4 is 10.5 Å². The Morgan fingerprint density at radius 2 is 2.03 bits per heavy atom. The van der Waals surface area contributed by atoms with Crippen molar-refractivity contribution in [3.05, 3.63) is 57.9 Å². The molecule has 1 saturated heterocycles. The minimum Gasteiger partial charge on any atom is -0.356 e. The first kappa shape index (κ1) is 18.7. The normalized spacial score (nSPS) is 19.5. The van der Waals surface area contributed by atoms with Crippen molar-refractivity contribution in [3.8, 4) is 0 Å². The predicted octanol–water partition coefficient (Wildman–Crippen LogP) is 2.32. The van der Waals surface area contributed by atoms with E-state index in [1.807, 2.05) is 12.1 Å². The van der Waals surface area contributed by atoms with Gasteiger partial charge < -0.3 is 13.9 Å². The number of rotatable bonds is 3. The van der Waals surface area contributed by atoms with Crippen molar-refractivity contribution in [2.24, 2.45) is 11.8 Å². The molecule has 0 N–H and O–H groups in total. The van der Waals surface area contributed by atoms with Crippen LogP contribution in [0.3, 0.4) is 0 Å². The number of hydrogen-bond donors (Lipinski definition) is 0. The van der Waals surface area contributed by atoms with E-state index in [4.69, 9.17) is 20.6 Å². The topological polar surface area (TPSA) is 116 Å². The molecule has 5 heterocycles. The van der Waals surface area contributed by atoms with Crippen LogP contribution >= 0.6 is 11.6 Å². The average molecular weight is 428 g/mol. The molecule has 30 heavy (non-hydrogen) atoms. The van der Waals surface area contributed by atoms with Gasteiger partial charge in [-0.25, -0.2) is 9.97 Å². The summed E-state index contributed by atoms with van der Waals surface area (Å²) in [6.07, 6.45) is 5.84. The summed E-state index contributed by atoms with van der Waals surface area (Å²) >= 11 is 5.90. The standard InChI is InChI=1S/C10H11ClN2.C9H7N5O3/c11-9-1-2-12-10(4-9)13-5-7-3-8(7)6-13;1-5-7-8(17-13-5)11-4-14(9(7)15)2-6-10-3-12-16-6/h1-2,4,7-8H,3,5-6H2;3-4H,2H2,1H3. The second-order valence-electron chi connectivity index (χ2n) is 7.45. The van der Waals surface area contributed by atoms with Gasteiger partial charge in [-0.05, 0) is 37.3 Å². The van der Waals surface area contributed by atoms with E-state index in [9.17, 15) is 4.79 Å². The maximum Gasteiger partial charge on any atom is 0.267 e. The zero-order chi connectivity index (χ0) is 20.7. The van der Waals surface area contributed by atoms with Crippen LogP contribution in [0.1, 0.15) is 18.0 Å². The molecule has 1 aliphatic carbocycles. The van der Waals surface area contributed by atoms with Gasteiger partial charge in [0, 0.05) is 24.3 Å². The van der Waals surface area contributed by atoms with E-state index in [2.05, 4.69) is 30.2 Å². The van der Waals surface area contributed by atoms with Crippen LogP contribution in [0.5, 0.6) is 0 Å². The van der Waals surface area contributed by atoms with Crippen LogP contribution in [0, 0.1) is 18.8 Å². The van der Waals surface area contributed by atoms with E-state index in [1.54, 1.807) is 13.1 Å². The highest BCUT2D eigenvalue weighted by Gasteiger charge is 2.45. The summed E-state index contributed by atoms with van der Waals surface area (Å²) in [5.74, 6) is 3.27. The third kappa shape index (κ3) is 3.65. The molecule has 4 aromatic heterocycles. The Morgan fingerprint density at radius 1 is 1.20 bits per heavy atom. The zero-order valence-electron chi connectivity index (χ0n) is 16.1. The second kappa shape index (κ2) is 7.52. The van der Waals surface area contributed by atoms with Gasteiger partial charge >= 0.3 is 0 Å². The van der Waals surface area contributed by atoms with Crippen molar-refractivity contribution in [2.75, 3.05) is 18.0 Å². The molecule has 0 radical (unpaired) electrons. The maximum atomic E-state index is 12.1. The summed E-state index contributed by atoms with van der Waals surface area (Å²) in [7, 11) is 0. The molecule has 2 unspecified atom stereocenters. The van der Waals surface area contributed by atoms with Crippen molar-refractivity contribution < 1.29 is 9.05 Å². The first-order valence-electron chi connectivity index (χ1n) is 9.52. The van der Waals surface area contributed by atoms with Gasteiger partial charge in [0.1, 0.15) is 24.1 Å². The van der Waals surface area contributed by atoms with Gasteiger partial charge in [-0.15, -0.1) is 0 Å². The van der Waals surface area contributed by atoms with E-state index >= 15 is 0 Å². The Bertz CT molecular complexity index is 1230. The molecule has 0 bridgehead atoms. The summed E-state index contributed by atoms with van der Waals surface area (Å²) in [4.78, 5) is 26.6. The number of nitrogens with zero attached hydrogens (tertiary/aromatic N) is 7. The summed E-state index contributed by atoms with van der Waals surface area (Å²) < 4.78 is 11.1. The van der Waals surface area contributed by atoms with Crippen LogP contribution in [-0.2, 0) is 6.54 Å². The highest BCUT2D eigenvalue weighted by molar-refractivity contribution is 6.30. The van der Waals surface area contributed by atoms with E-state index in [1.165, 1.54) is 36.7 Å². The molecule has 11 heteroatoms. The number of hydrogen-bond acceptors (Lipinski definition) is 9. The first-order valence-corrected chi connectivity index (χ1v) is 9.90. The largest absolute Gasteiger partial charge is 0.356 e. The summed E-state index contributed by atoms with van der Waals surface area (Å²) in [5.41, 5.74) is 0.499. The number of aryl methyl sites for hydroxylation is 1. The fraction of sp³-hybridized carbons (Fsp3) is 0.368. The van der Waals surface area contributed by atoms with Crippen LogP contribution in [0.15, 0.2) is 44.8 Å². The quantitative estimate of drug-likeness (QED) is 0.485. The lowest BCUT2D eigenvalue weighted by molar-refractivity contribution is 0.368. The van der Waals surface area contributed by atoms with Crippen molar-refractivity contribution in [1.82, 2.24) is 29.8 Å². The van der Waals surface area contributed by atoms with Crippen molar-refractivity contribution in [1.29, 1.82) is 0 Å². The Labute approximate surface area is 175 Å². The minimum atomic E-state index is -0.244. The zero-order valence-corrected chi connectivity index (χ0v) is 16.9. The summed E-state index contributed by atoms with van der Waals surface area (Å²) in [6, 6.07) is 3.77. The third-order valence-electron chi connectivity index (χ3n) is 5.36. The molecule has 0 aromatic carbocycles. The molecule has 2 atom stereocenters. The van der Waals surface area contributed by atoms with E-state index < -0.39 is 0 Å². The fourth-order valence-electron chi connectivity index (χ4n) is 3.69. The molecule has 154 valence electrons. The molecule has 2 aliphatic rings. The van der Waals surface area contributed by atoms with Gasteiger partial charge in [0.25, 0.3) is 11.3 Å². The Balaban J connectivity index is 0.000000133. The molecule has 0 amide bonds. The van der Waals surface area contributed by atoms with Gasteiger partial charge in [0.05, 0.1) is 5.69 Å². The second-order valence-corrected chi connectivity index (χ2v) is 7.89. The van der Waals surface area contributed by atoms with Crippen LogP contribution in [-0.4, -0.2) is 42.9 Å². The third-order valence-corrected chi connectivity index (χ3v) is 5.59. The van der Waals surface area contributed by atoms with E-state index in [-0.39, 0.29) is 17.8 Å². The maximum absolute atomic E-state index is 12.1. The van der Waals surface area contributed by atoms with Crippen LogP contribution in [0.25, 0.3) is 11.1 Å². The predicted molar refractivity (Wildman–Crippen MR) is 107 cm³/mol. The lowest BCUT2D eigenvalue weighted by Gasteiger charge is -2.18. The number of fused-ring (bicyclic) bond motifs is 2. The molecule has 0 spiro atoms. The molecule has 2 fully saturated rings. The highest BCUT2D eigenvalue weighted by Crippen LogP contribution is 2.45. The number of halogens is 1. The van der Waals surface area contributed by atoms with E-state index in [0.717, 1.165) is 22.7 Å². The molecular formula is C19H18ClN7O3. The van der Waals surface area contributed by atoms with Gasteiger partial charge in [-0.2, -0.15) is 4.98 Å². The minimum absolute atomic E-state index is 0.173. The number of piperidine rings is 1. The first-order chi connectivity index (χ1) is 14.6. The van der Waals surface area contributed by atoms with Gasteiger partial charge in [-0.3, -0.25) is 9.36 Å². The number of aromatic nitrogens is 6. The fourth-order valence-corrected chi connectivity index (χ4v) is 3.84. The summed E-state index contributed by atoms with van der Waals surface area (Å²) in [5, 5.41) is 8.31. The SMILES string of the molecule is Cc1noc2ncn(Cc3ncno3)c(=O)c12.Clc1ccnc(N2CC3CC3C2)c1. The van der Waals surface area contributed by atoms with Crippen LogP contribution in [0.4, 0.5) is 5.82 Å². The average Bonchev–Trinajstić information content (AvgIpc) is 3.14. The van der Waals surface area contributed by atoms with Crippen LogP contribution in [0.2, 0.25) is 5.02 Å². The van der Waals surface area contributed by atoms with E-state index in [0.29, 0.717) is 17.0 Å². The lowest BCUT2D eigenvalue weighted by Crippen LogP contribution is -2.22. The lowest BCUT2D eigenvalue weighted by atomic mass is 10.3. The highest BCUT2D eigenvalue weighted by atomic mass is 35.5. The Morgan fingerprint density at radius 3 is 2.77 bits per heavy atom. The Kier molecular flexibility index (Phi) is 4.70. The van der Waals surface area contributed by atoms with Crippen molar-refractivity contribution in [3.63, 3.8) is 0 Å². The monoisotopic (exact) mass is 427 g/mol. The number of anilines is 1.